The van der Waals surface area contributed by atoms with Gasteiger partial charge in [0.05, 0.1) is 10.0 Å². The van der Waals surface area contributed by atoms with Crippen LogP contribution in [0.4, 0.5) is 0 Å². The van der Waals surface area contributed by atoms with E-state index in [-0.39, 0.29) is 5.56 Å². The van der Waals surface area contributed by atoms with E-state index in [0.717, 1.165) is 73.4 Å². The molecule has 2 N–H and O–H groups in total. The Bertz CT molecular complexity index is 1900. The number of halogens is 1. The number of tetrazole rings is 1. The van der Waals surface area contributed by atoms with Gasteiger partial charge < -0.3 is 14.3 Å². The Morgan fingerprint density at radius 3 is 2.44 bits per heavy atom. The largest absolute Gasteiger partial charge is 0.478 e. The van der Waals surface area contributed by atoms with Crippen molar-refractivity contribution in [1.29, 1.82) is 0 Å². The number of aromatic nitrogens is 6. The molecular formula is C32H27BrN6O4. The number of carboxylic acid groups (broad SMARTS) is 1. The Morgan fingerprint density at radius 1 is 1.00 bits per heavy atom. The minimum Gasteiger partial charge on any atom is -0.478 e. The maximum atomic E-state index is 11.3. The summed E-state index contributed by atoms with van der Waals surface area (Å²) in [5.41, 5.74) is 6.39. The molecule has 0 saturated carbocycles. The summed E-state index contributed by atoms with van der Waals surface area (Å²) in [6, 6.07) is 20.6. The molecule has 6 aromatic rings. The fourth-order valence-electron chi connectivity index (χ4n) is 4.85. The summed E-state index contributed by atoms with van der Waals surface area (Å²) >= 11 is 3.74. The zero-order valence-corrected chi connectivity index (χ0v) is 25.1. The lowest BCUT2D eigenvalue weighted by Gasteiger charge is -2.15. The second kappa shape index (κ2) is 12.1. The van der Waals surface area contributed by atoms with E-state index in [1.807, 2.05) is 61.5 Å². The summed E-state index contributed by atoms with van der Waals surface area (Å²) in [5, 5.41) is 24.3. The van der Waals surface area contributed by atoms with Crippen molar-refractivity contribution < 1.29 is 19.1 Å². The van der Waals surface area contributed by atoms with Crippen LogP contribution < -0.4 is 4.74 Å². The van der Waals surface area contributed by atoms with Gasteiger partial charge in [0, 0.05) is 40.6 Å². The number of carbonyl (C=O) groups is 1. The van der Waals surface area contributed by atoms with Crippen LogP contribution in [0, 0.1) is 6.92 Å². The molecule has 3 aromatic heterocycles. The summed E-state index contributed by atoms with van der Waals surface area (Å²) in [5.74, 6) is 1.57. The van der Waals surface area contributed by atoms with Crippen molar-refractivity contribution in [2.24, 2.45) is 0 Å². The third-order valence-corrected chi connectivity index (χ3v) is 7.88. The van der Waals surface area contributed by atoms with E-state index in [4.69, 9.17) is 19.1 Å². The zero-order chi connectivity index (χ0) is 29.9. The van der Waals surface area contributed by atoms with Crippen LogP contribution >= 0.6 is 15.9 Å². The van der Waals surface area contributed by atoms with E-state index in [2.05, 4.69) is 43.5 Å². The van der Waals surface area contributed by atoms with Gasteiger partial charge in [-0.25, -0.2) is 9.78 Å². The van der Waals surface area contributed by atoms with Gasteiger partial charge in [0.1, 0.15) is 23.8 Å². The van der Waals surface area contributed by atoms with Gasteiger partial charge in [0.25, 0.3) is 0 Å². The number of furan rings is 1. The van der Waals surface area contributed by atoms with Crippen LogP contribution in [0.3, 0.4) is 0 Å². The summed E-state index contributed by atoms with van der Waals surface area (Å²) < 4.78 is 13.4. The van der Waals surface area contributed by atoms with Crippen molar-refractivity contribution in [3.05, 3.63) is 105 Å². The number of H-pyrrole nitrogens is 1. The second-order valence-corrected chi connectivity index (χ2v) is 10.9. The van der Waals surface area contributed by atoms with Crippen LogP contribution in [0.1, 0.15) is 51.9 Å². The number of benzene rings is 3. The van der Waals surface area contributed by atoms with E-state index >= 15 is 0 Å². The number of fused-ring (bicyclic) bond motifs is 1. The molecule has 10 nitrogen and oxygen atoms in total. The number of aromatic amines is 1. The van der Waals surface area contributed by atoms with Crippen molar-refractivity contribution in [2.75, 3.05) is 0 Å². The smallest absolute Gasteiger partial charge is 0.335 e. The first-order chi connectivity index (χ1) is 20.9. The van der Waals surface area contributed by atoms with E-state index in [1.165, 1.54) is 0 Å². The molecule has 0 radical (unpaired) electrons. The lowest BCUT2D eigenvalue weighted by Crippen LogP contribution is -2.08. The fraction of sp³-hybridized carbons (Fsp3) is 0.188. The van der Waals surface area contributed by atoms with Gasteiger partial charge in [-0.3, -0.25) is 0 Å². The van der Waals surface area contributed by atoms with E-state index < -0.39 is 5.97 Å². The predicted octanol–water partition coefficient (Wildman–Crippen LogP) is 6.96. The average molecular weight is 640 g/mol. The standard InChI is InChI=1S/C32H27BrN6O4/c1-3-4-27-34-18(2)24(15-19-5-8-23(9-6-19)32(40)41)31(35-27)42-17-20-7-14-26-25(16-20)28(33)29(43-26)21-10-12-22(13-11-21)30-36-38-39-37-30/h5-14,16H,3-4,15,17H2,1-2H3,(H,40,41)(H,36,37,38,39). The van der Waals surface area contributed by atoms with Gasteiger partial charge in [-0.05, 0) is 69.9 Å². The molecule has 0 fully saturated rings. The highest BCUT2D eigenvalue weighted by Gasteiger charge is 2.17. The number of aryl methyl sites for hydroxylation is 2. The summed E-state index contributed by atoms with van der Waals surface area (Å²) in [6.45, 7) is 4.35. The molecule has 43 heavy (non-hydrogen) atoms. The van der Waals surface area contributed by atoms with E-state index in [1.54, 1.807) is 12.1 Å². The number of nitrogens with one attached hydrogen (secondary N) is 1. The van der Waals surface area contributed by atoms with Crippen molar-refractivity contribution in [3.63, 3.8) is 0 Å². The van der Waals surface area contributed by atoms with E-state index in [9.17, 15) is 9.90 Å². The Morgan fingerprint density at radius 2 is 1.74 bits per heavy atom. The van der Waals surface area contributed by atoms with Crippen LogP contribution in [0.5, 0.6) is 5.88 Å². The van der Waals surface area contributed by atoms with Crippen LogP contribution in [0.15, 0.2) is 75.6 Å². The molecule has 0 aliphatic rings. The molecule has 0 saturated heterocycles. The van der Waals surface area contributed by atoms with Crippen molar-refractivity contribution in [2.45, 2.75) is 39.7 Å². The fourth-order valence-corrected chi connectivity index (χ4v) is 5.47. The highest BCUT2D eigenvalue weighted by atomic mass is 79.9. The summed E-state index contributed by atoms with van der Waals surface area (Å²) in [7, 11) is 0. The highest BCUT2D eigenvalue weighted by molar-refractivity contribution is 9.10. The molecule has 0 bridgehead atoms. The molecular weight excluding hydrogens is 612 g/mol. The summed E-state index contributed by atoms with van der Waals surface area (Å²) in [6.07, 6.45) is 2.19. The number of rotatable bonds is 10. The maximum Gasteiger partial charge on any atom is 0.335 e. The van der Waals surface area contributed by atoms with E-state index in [0.29, 0.717) is 24.7 Å². The molecule has 3 aromatic carbocycles. The highest BCUT2D eigenvalue weighted by Crippen LogP contribution is 2.38. The molecule has 0 amide bonds. The first-order valence-electron chi connectivity index (χ1n) is 13.8. The van der Waals surface area contributed by atoms with Crippen molar-refractivity contribution in [1.82, 2.24) is 30.6 Å². The molecule has 0 aliphatic heterocycles. The lowest BCUT2D eigenvalue weighted by molar-refractivity contribution is 0.0697. The molecule has 216 valence electrons. The number of ether oxygens (including phenoxy) is 1. The van der Waals surface area contributed by atoms with Gasteiger partial charge in [0.15, 0.2) is 0 Å². The third kappa shape index (κ3) is 6.02. The number of nitrogens with zero attached hydrogens (tertiary/aromatic N) is 5. The Kier molecular flexibility index (Phi) is 7.97. The van der Waals surface area contributed by atoms with Crippen LogP contribution in [-0.4, -0.2) is 41.7 Å². The Labute approximate surface area is 255 Å². The summed E-state index contributed by atoms with van der Waals surface area (Å²) in [4.78, 5) is 20.7. The normalized spacial score (nSPS) is 11.2. The maximum absolute atomic E-state index is 11.3. The van der Waals surface area contributed by atoms with Crippen molar-refractivity contribution in [3.8, 4) is 28.6 Å². The third-order valence-electron chi connectivity index (χ3n) is 7.10. The first kappa shape index (κ1) is 28.2. The molecule has 3 heterocycles. The SMILES string of the molecule is CCCc1nc(C)c(Cc2ccc(C(=O)O)cc2)c(OCc2ccc3oc(-c4ccc(-c5nn[nH]n5)cc4)c(Br)c3c2)n1. The van der Waals surface area contributed by atoms with Gasteiger partial charge in [-0.15, -0.1) is 10.2 Å². The number of hydrogen-bond acceptors (Lipinski definition) is 8. The quantitative estimate of drug-likeness (QED) is 0.163. The van der Waals surface area contributed by atoms with Crippen LogP contribution in [0.2, 0.25) is 0 Å². The van der Waals surface area contributed by atoms with Crippen LogP contribution in [0.25, 0.3) is 33.7 Å². The molecule has 11 heteroatoms. The topological polar surface area (TPSA) is 140 Å². The van der Waals surface area contributed by atoms with Gasteiger partial charge in [-0.1, -0.05) is 49.4 Å². The number of hydrogen-bond donors (Lipinski definition) is 2. The Balaban J connectivity index is 1.25. The monoisotopic (exact) mass is 638 g/mol. The minimum absolute atomic E-state index is 0.247. The minimum atomic E-state index is -0.953. The first-order valence-corrected chi connectivity index (χ1v) is 14.6. The second-order valence-electron chi connectivity index (χ2n) is 10.1. The zero-order valence-electron chi connectivity index (χ0n) is 23.5. The van der Waals surface area contributed by atoms with Gasteiger partial charge in [-0.2, -0.15) is 10.2 Å². The molecule has 6 rings (SSSR count). The van der Waals surface area contributed by atoms with Gasteiger partial charge in [0.2, 0.25) is 11.7 Å². The Hall–Kier alpha value is -4.90. The number of carboxylic acids is 1. The van der Waals surface area contributed by atoms with Crippen LogP contribution in [-0.2, 0) is 19.4 Å². The number of aromatic carboxylic acids is 1. The molecule has 0 aliphatic carbocycles. The predicted molar refractivity (Wildman–Crippen MR) is 164 cm³/mol. The average Bonchev–Trinajstić information content (AvgIpc) is 3.67. The molecule has 0 atom stereocenters. The lowest BCUT2D eigenvalue weighted by atomic mass is 10.0. The van der Waals surface area contributed by atoms with Gasteiger partial charge >= 0.3 is 5.97 Å². The molecule has 0 spiro atoms. The molecule has 0 unspecified atom stereocenters. The van der Waals surface area contributed by atoms with Crippen molar-refractivity contribution >= 4 is 32.9 Å².